The molecule has 1 aliphatic rings. The molecule has 0 aliphatic carbocycles. The number of rotatable bonds is 6. The number of carboxylic acid groups (broad SMARTS) is 1. The molecule has 0 atom stereocenters. The molecule has 1 aromatic carbocycles. The van der Waals surface area contributed by atoms with Crippen LogP contribution in [0.4, 0.5) is 5.69 Å². The molecule has 0 radical (unpaired) electrons. The fourth-order valence-corrected chi connectivity index (χ4v) is 2.56. The van der Waals surface area contributed by atoms with E-state index in [9.17, 15) is 14.4 Å². The van der Waals surface area contributed by atoms with Gasteiger partial charge in [-0.15, -0.1) is 0 Å². The highest BCUT2D eigenvalue weighted by atomic mass is 16.4. The molecule has 0 aromatic heterocycles. The smallest absolute Gasteiger partial charge is 0.305 e. The summed E-state index contributed by atoms with van der Waals surface area (Å²) >= 11 is 0. The molecule has 1 saturated heterocycles. The zero-order valence-electron chi connectivity index (χ0n) is 13.6. The molecule has 1 heterocycles. The molecule has 8 heteroatoms. The van der Waals surface area contributed by atoms with Crippen molar-refractivity contribution < 1.29 is 19.5 Å². The molecule has 2 amide bonds. The van der Waals surface area contributed by atoms with E-state index in [-0.39, 0.29) is 24.8 Å². The molecule has 0 spiro atoms. The average Bonchev–Trinajstić information content (AvgIpc) is 2.55. The van der Waals surface area contributed by atoms with E-state index >= 15 is 0 Å². The Kier molecular flexibility index (Phi) is 6.28. The van der Waals surface area contributed by atoms with Gasteiger partial charge in [-0.2, -0.15) is 0 Å². The predicted molar refractivity (Wildman–Crippen MR) is 88.6 cm³/mol. The van der Waals surface area contributed by atoms with Gasteiger partial charge in [0, 0.05) is 45.2 Å². The molecule has 1 fully saturated rings. The number of hydrogen-bond donors (Lipinski definition) is 3. The second-order valence-corrected chi connectivity index (χ2v) is 5.48. The largest absolute Gasteiger partial charge is 0.481 e. The normalized spacial score (nSPS) is 14.9. The summed E-state index contributed by atoms with van der Waals surface area (Å²) in [7, 11) is 0. The summed E-state index contributed by atoms with van der Waals surface area (Å²) < 4.78 is 0. The molecule has 1 aromatic rings. The molecule has 3 N–H and O–H groups in total. The van der Waals surface area contributed by atoms with Crippen LogP contribution in [0.15, 0.2) is 24.3 Å². The minimum absolute atomic E-state index is 0.0621. The Balaban J connectivity index is 2.13. The quantitative estimate of drug-likeness (QED) is 0.680. The third-order valence-corrected chi connectivity index (χ3v) is 3.65. The molecule has 0 saturated carbocycles. The standard InChI is InChI=1S/C16H22N4O4/c1-12(21)20(19-9-7-17-8-10-19)14-4-2-3-13(11-14)16(24)18-6-5-15(22)23/h2-4,11,17H,5-10H2,1H3,(H,18,24)(H,22,23). The Morgan fingerprint density at radius 2 is 2.00 bits per heavy atom. The summed E-state index contributed by atoms with van der Waals surface area (Å²) in [5, 5.41) is 17.9. The zero-order valence-corrected chi connectivity index (χ0v) is 13.6. The molecule has 1 aliphatic heterocycles. The molecular formula is C16H22N4O4. The molecule has 2 rings (SSSR count). The van der Waals surface area contributed by atoms with Crippen LogP contribution in [0.25, 0.3) is 0 Å². The van der Waals surface area contributed by atoms with Gasteiger partial charge in [-0.3, -0.25) is 14.4 Å². The lowest BCUT2D eigenvalue weighted by Crippen LogP contribution is -2.54. The number of amides is 2. The number of benzene rings is 1. The lowest BCUT2D eigenvalue weighted by molar-refractivity contribution is -0.136. The van der Waals surface area contributed by atoms with Gasteiger partial charge in [-0.05, 0) is 18.2 Å². The first kappa shape index (κ1) is 17.9. The van der Waals surface area contributed by atoms with E-state index in [0.29, 0.717) is 24.3 Å². The molecule has 0 bridgehead atoms. The van der Waals surface area contributed by atoms with Gasteiger partial charge in [0.2, 0.25) is 5.91 Å². The van der Waals surface area contributed by atoms with E-state index in [1.54, 1.807) is 29.3 Å². The van der Waals surface area contributed by atoms with E-state index < -0.39 is 5.97 Å². The van der Waals surface area contributed by atoms with Gasteiger partial charge >= 0.3 is 5.97 Å². The van der Waals surface area contributed by atoms with E-state index in [1.807, 2.05) is 5.01 Å². The van der Waals surface area contributed by atoms with E-state index in [2.05, 4.69) is 10.6 Å². The highest BCUT2D eigenvalue weighted by Crippen LogP contribution is 2.19. The maximum Gasteiger partial charge on any atom is 0.305 e. The van der Waals surface area contributed by atoms with Gasteiger partial charge in [-0.25, -0.2) is 10.0 Å². The summed E-state index contributed by atoms with van der Waals surface area (Å²) in [6.07, 6.45) is -0.133. The molecule has 8 nitrogen and oxygen atoms in total. The summed E-state index contributed by atoms with van der Waals surface area (Å²) in [4.78, 5) is 34.7. The number of nitrogens with one attached hydrogen (secondary N) is 2. The first-order chi connectivity index (χ1) is 11.5. The SMILES string of the molecule is CC(=O)N(c1cccc(C(=O)NCCC(=O)O)c1)N1CCNCC1. The van der Waals surface area contributed by atoms with Crippen LogP contribution in [0.1, 0.15) is 23.7 Å². The van der Waals surface area contributed by atoms with Gasteiger partial charge in [-0.1, -0.05) is 6.07 Å². The number of hydrazine groups is 1. The Hall–Kier alpha value is -2.45. The van der Waals surface area contributed by atoms with Crippen LogP contribution in [0.2, 0.25) is 0 Å². The Bertz CT molecular complexity index is 614. The van der Waals surface area contributed by atoms with Crippen LogP contribution < -0.4 is 15.6 Å². The Labute approximate surface area is 140 Å². The van der Waals surface area contributed by atoms with E-state index in [1.165, 1.54) is 6.92 Å². The van der Waals surface area contributed by atoms with Crippen molar-refractivity contribution in [2.75, 3.05) is 37.7 Å². The molecule has 130 valence electrons. The second-order valence-electron chi connectivity index (χ2n) is 5.48. The van der Waals surface area contributed by atoms with Gasteiger partial charge < -0.3 is 15.7 Å². The summed E-state index contributed by atoms with van der Waals surface area (Å²) in [6.45, 7) is 4.54. The molecule has 0 unspecified atom stereocenters. The topological polar surface area (TPSA) is 102 Å². The van der Waals surface area contributed by atoms with Crippen molar-refractivity contribution in [3.8, 4) is 0 Å². The third kappa shape index (κ3) is 4.77. The monoisotopic (exact) mass is 334 g/mol. The number of anilines is 1. The third-order valence-electron chi connectivity index (χ3n) is 3.65. The Morgan fingerprint density at radius 1 is 1.29 bits per heavy atom. The number of carbonyl (C=O) groups excluding carboxylic acids is 2. The minimum Gasteiger partial charge on any atom is -0.481 e. The zero-order chi connectivity index (χ0) is 17.5. The molecular weight excluding hydrogens is 312 g/mol. The van der Waals surface area contributed by atoms with Crippen molar-refractivity contribution in [2.45, 2.75) is 13.3 Å². The maximum absolute atomic E-state index is 12.1. The average molecular weight is 334 g/mol. The lowest BCUT2D eigenvalue weighted by atomic mass is 10.1. The van der Waals surface area contributed by atoms with Crippen molar-refractivity contribution in [1.82, 2.24) is 15.6 Å². The first-order valence-electron chi connectivity index (χ1n) is 7.85. The van der Waals surface area contributed by atoms with Crippen molar-refractivity contribution in [2.24, 2.45) is 0 Å². The predicted octanol–water partition coefficient (Wildman–Crippen LogP) is 0.0642. The number of hydrogen-bond acceptors (Lipinski definition) is 5. The van der Waals surface area contributed by atoms with Gasteiger partial charge in [0.1, 0.15) is 0 Å². The fourth-order valence-electron chi connectivity index (χ4n) is 2.56. The summed E-state index contributed by atoms with van der Waals surface area (Å²) in [5.41, 5.74) is 1.01. The van der Waals surface area contributed by atoms with Gasteiger partial charge in [0.15, 0.2) is 0 Å². The van der Waals surface area contributed by atoms with Crippen molar-refractivity contribution in [1.29, 1.82) is 0 Å². The van der Waals surface area contributed by atoms with Gasteiger partial charge in [0.25, 0.3) is 5.91 Å². The molecule has 24 heavy (non-hydrogen) atoms. The van der Waals surface area contributed by atoms with Crippen LogP contribution in [-0.4, -0.2) is 60.6 Å². The first-order valence-corrected chi connectivity index (χ1v) is 7.85. The van der Waals surface area contributed by atoms with Crippen LogP contribution >= 0.6 is 0 Å². The Morgan fingerprint density at radius 3 is 2.62 bits per heavy atom. The van der Waals surface area contributed by atoms with Crippen LogP contribution in [0.5, 0.6) is 0 Å². The maximum atomic E-state index is 12.1. The van der Waals surface area contributed by atoms with Crippen molar-refractivity contribution in [3.63, 3.8) is 0 Å². The number of carbonyl (C=O) groups is 3. The fraction of sp³-hybridized carbons (Fsp3) is 0.438. The van der Waals surface area contributed by atoms with E-state index in [4.69, 9.17) is 5.11 Å². The summed E-state index contributed by atoms with van der Waals surface area (Å²) in [5.74, 6) is -1.45. The minimum atomic E-state index is -0.967. The number of nitrogens with zero attached hydrogens (tertiary/aromatic N) is 2. The van der Waals surface area contributed by atoms with Crippen LogP contribution in [0, 0.1) is 0 Å². The highest BCUT2D eigenvalue weighted by molar-refractivity contribution is 5.97. The number of piperazine rings is 1. The van der Waals surface area contributed by atoms with Crippen LogP contribution in [0.3, 0.4) is 0 Å². The van der Waals surface area contributed by atoms with Gasteiger partial charge in [0.05, 0.1) is 12.1 Å². The van der Waals surface area contributed by atoms with E-state index in [0.717, 1.165) is 13.1 Å². The second kappa shape index (κ2) is 8.42. The highest BCUT2D eigenvalue weighted by Gasteiger charge is 2.22. The number of carboxylic acids is 1. The van der Waals surface area contributed by atoms with Crippen molar-refractivity contribution in [3.05, 3.63) is 29.8 Å². The summed E-state index contributed by atoms with van der Waals surface area (Å²) in [6, 6.07) is 6.76. The van der Waals surface area contributed by atoms with Crippen molar-refractivity contribution >= 4 is 23.5 Å². The number of aliphatic carboxylic acids is 1. The van der Waals surface area contributed by atoms with Crippen LogP contribution in [-0.2, 0) is 9.59 Å². The lowest BCUT2D eigenvalue weighted by Gasteiger charge is -2.37.